The fourth-order valence-corrected chi connectivity index (χ4v) is 2.69. The van der Waals surface area contributed by atoms with E-state index in [2.05, 4.69) is 34.1 Å². The summed E-state index contributed by atoms with van der Waals surface area (Å²) < 4.78 is 1.08. The molecule has 1 nitrogen and oxygen atoms in total. The minimum Gasteiger partial charge on any atom is -0.192 e. The van der Waals surface area contributed by atoms with E-state index in [4.69, 9.17) is 5.26 Å². The highest BCUT2D eigenvalue weighted by molar-refractivity contribution is 9.10. The third kappa shape index (κ3) is 2.88. The zero-order chi connectivity index (χ0) is 11.4. The highest BCUT2D eigenvalue weighted by atomic mass is 79.9. The Kier molecular flexibility index (Phi) is 3.66. The molecule has 0 saturated carbocycles. The van der Waals surface area contributed by atoms with Crippen molar-refractivity contribution in [2.24, 2.45) is 0 Å². The standard InChI is InChI=1S/C13H8BrNS/c14-11-2-1-3-13(8-11)16-12-6-4-10(9-15)5-7-12/h1-8H. The van der Waals surface area contributed by atoms with Gasteiger partial charge in [0.1, 0.15) is 0 Å². The molecule has 0 aliphatic rings. The summed E-state index contributed by atoms with van der Waals surface area (Å²) in [5, 5.41) is 8.69. The van der Waals surface area contributed by atoms with Crippen molar-refractivity contribution in [3.05, 3.63) is 58.6 Å². The van der Waals surface area contributed by atoms with Crippen LogP contribution in [0.25, 0.3) is 0 Å². The number of rotatable bonds is 2. The molecule has 0 unspecified atom stereocenters. The van der Waals surface area contributed by atoms with Crippen molar-refractivity contribution in [2.45, 2.75) is 9.79 Å². The molecule has 2 rings (SSSR count). The monoisotopic (exact) mass is 289 g/mol. The summed E-state index contributed by atoms with van der Waals surface area (Å²) >= 11 is 5.12. The summed E-state index contributed by atoms with van der Waals surface area (Å²) in [5.74, 6) is 0. The van der Waals surface area contributed by atoms with E-state index in [1.54, 1.807) is 11.8 Å². The van der Waals surface area contributed by atoms with Crippen LogP contribution in [0.15, 0.2) is 62.8 Å². The Bertz CT molecular complexity index is 528. The third-order valence-electron chi connectivity index (χ3n) is 2.02. The molecule has 0 aliphatic carbocycles. The summed E-state index contributed by atoms with van der Waals surface area (Å²) in [5.41, 5.74) is 0.693. The van der Waals surface area contributed by atoms with Crippen LogP contribution >= 0.6 is 27.7 Å². The summed E-state index contributed by atoms with van der Waals surface area (Å²) in [6.07, 6.45) is 0. The largest absolute Gasteiger partial charge is 0.192 e. The number of hydrogen-bond donors (Lipinski definition) is 0. The van der Waals surface area contributed by atoms with Crippen molar-refractivity contribution in [1.29, 1.82) is 5.26 Å². The van der Waals surface area contributed by atoms with Gasteiger partial charge in [-0.05, 0) is 42.5 Å². The first kappa shape index (κ1) is 11.3. The van der Waals surface area contributed by atoms with Gasteiger partial charge >= 0.3 is 0 Å². The Morgan fingerprint density at radius 1 is 1.00 bits per heavy atom. The van der Waals surface area contributed by atoms with E-state index in [9.17, 15) is 0 Å². The van der Waals surface area contributed by atoms with Crippen LogP contribution in [0, 0.1) is 11.3 Å². The van der Waals surface area contributed by atoms with Gasteiger partial charge in [-0.15, -0.1) is 0 Å². The summed E-state index contributed by atoms with van der Waals surface area (Å²) in [6, 6.07) is 17.9. The number of nitrogens with zero attached hydrogens (tertiary/aromatic N) is 1. The molecule has 0 N–H and O–H groups in total. The van der Waals surface area contributed by atoms with Crippen LogP contribution in [0.4, 0.5) is 0 Å². The maximum atomic E-state index is 8.69. The van der Waals surface area contributed by atoms with E-state index >= 15 is 0 Å². The Balaban J connectivity index is 2.18. The minimum absolute atomic E-state index is 0.693. The van der Waals surface area contributed by atoms with E-state index in [1.807, 2.05) is 36.4 Å². The summed E-state index contributed by atoms with van der Waals surface area (Å²) in [4.78, 5) is 2.32. The molecule has 2 aromatic carbocycles. The Hall–Kier alpha value is -1.24. The van der Waals surface area contributed by atoms with E-state index < -0.39 is 0 Å². The highest BCUT2D eigenvalue weighted by Crippen LogP contribution is 2.29. The molecule has 0 saturated heterocycles. The summed E-state index contributed by atoms with van der Waals surface area (Å²) in [7, 11) is 0. The average Bonchev–Trinajstić information content (AvgIpc) is 2.30. The second-order valence-electron chi connectivity index (χ2n) is 3.20. The molecule has 0 fully saturated rings. The van der Waals surface area contributed by atoms with Gasteiger partial charge in [-0.2, -0.15) is 5.26 Å². The molecular formula is C13H8BrNS. The fourth-order valence-electron chi connectivity index (χ4n) is 1.26. The number of nitriles is 1. The van der Waals surface area contributed by atoms with Crippen LogP contribution in [0.5, 0.6) is 0 Å². The predicted molar refractivity (Wildman–Crippen MR) is 69.4 cm³/mol. The predicted octanol–water partition coefficient (Wildman–Crippen LogP) is 4.47. The van der Waals surface area contributed by atoms with Gasteiger partial charge in [-0.25, -0.2) is 0 Å². The van der Waals surface area contributed by atoms with Gasteiger partial charge in [-0.3, -0.25) is 0 Å². The molecule has 16 heavy (non-hydrogen) atoms. The van der Waals surface area contributed by atoms with E-state index in [0.29, 0.717) is 5.56 Å². The SMILES string of the molecule is N#Cc1ccc(Sc2cccc(Br)c2)cc1. The quantitative estimate of drug-likeness (QED) is 0.814. The van der Waals surface area contributed by atoms with Gasteiger partial charge < -0.3 is 0 Å². The molecule has 2 aromatic rings. The molecule has 3 heteroatoms. The number of benzene rings is 2. The van der Waals surface area contributed by atoms with Gasteiger partial charge in [0.05, 0.1) is 11.6 Å². The lowest BCUT2D eigenvalue weighted by Crippen LogP contribution is -1.76. The smallest absolute Gasteiger partial charge is 0.0991 e. The molecule has 0 spiro atoms. The Morgan fingerprint density at radius 3 is 2.38 bits per heavy atom. The third-order valence-corrected chi connectivity index (χ3v) is 3.51. The van der Waals surface area contributed by atoms with Crippen LogP contribution < -0.4 is 0 Å². The van der Waals surface area contributed by atoms with Crippen molar-refractivity contribution >= 4 is 27.7 Å². The van der Waals surface area contributed by atoms with Crippen LogP contribution in [0.3, 0.4) is 0 Å². The summed E-state index contributed by atoms with van der Waals surface area (Å²) in [6.45, 7) is 0. The zero-order valence-corrected chi connectivity index (χ0v) is 10.8. The van der Waals surface area contributed by atoms with Crippen molar-refractivity contribution in [2.75, 3.05) is 0 Å². The van der Waals surface area contributed by atoms with Crippen LogP contribution in [-0.2, 0) is 0 Å². The lowest BCUT2D eigenvalue weighted by molar-refractivity contribution is 1.38. The first-order valence-electron chi connectivity index (χ1n) is 4.71. The van der Waals surface area contributed by atoms with Crippen molar-refractivity contribution in [1.82, 2.24) is 0 Å². The molecule has 0 aromatic heterocycles. The van der Waals surface area contributed by atoms with Crippen molar-refractivity contribution in [3.63, 3.8) is 0 Å². The van der Waals surface area contributed by atoms with Gasteiger partial charge in [0.2, 0.25) is 0 Å². The average molecular weight is 290 g/mol. The maximum Gasteiger partial charge on any atom is 0.0991 e. The molecule has 0 bridgehead atoms. The first-order chi connectivity index (χ1) is 7.78. The molecule has 0 aliphatic heterocycles. The molecular weight excluding hydrogens is 282 g/mol. The molecule has 0 radical (unpaired) electrons. The second kappa shape index (κ2) is 5.20. The lowest BCUT2D eigenvalue weighted by Gasteiger charge is -2.01. The van der Waals surface area contributed by atoms with Gasteiger partial charge in [-0.1, -0.05) is 33.8 Å². The fraction of sp³-hybridized carbons (Fsp3) is 0. The van der Waals surface area contributed by atoms with Gasteiger partial charge in [0, 0.05) is 14.3 Å². The van der Waals surface area contributed by atoms with E-state index in [-0.39, 0.29) is 0 Å². The Labute approximate surface area is 107 Å². The van der Waals surface area contributed by atoms with Crippen LogP contribution in [0.1, 0.15) is 5.56 Å². The van der Waals surface area contributed by atoms with Crippen molar-refractivity contribution < 1.29 is 0 Å². The van der Waals surface area contributed by atoms with Crippen LogP contribution in [0.2, 0.25) is 0 Å². The zero-order valence-electron chi connectivity index (χ0n) is 8.35. The topological polar surface area (TPSA) is 23.8 Å². The number of halogens is 1. The first-order valence-corrected chi connectivity index (χ1v) is 6.32. The van der Waals surface area contributed by atoms with E-state index in [0.717, 1.165) is 9.37 Å². The van der Waals surface area contributed by atoms with Crippen LogP contribution in [-0.4, -0.2) is 0 Å². The highest BCUT2D eigenvalue weighted by Gasteiger charge is 1.98. The minimum atomic E-state index is 0.693. The molecule has 0 amide bonds. The molecule has 0 atom stereocenters. The van der Waals surface area contributed by atoms with Crippen molar-refractivity contribution in [3.8, 4) is 6.07 Å². The van der Waals surface area contributed by atoms with E-state index in [1.165, 1.54) is 4.90 Å². The Morgan fingerprint density at radius 2 is 1.75 bits per heavy atom. The molecule has 0 heterocycles. The van der Waals surface area contributed by atoms with Gasteiger partial charge in [0.25, 0.3) is 0 Å². The number of hydrogen-bond acceptors (Lipinski definition) is 2. The molecule has 78 valence electrons. The normalized spacial score (nSPS) is 9.75. The van der Waals surface area contributed by atoms with Gasteiger partial charge in [0.15, 0.2) is 0 Å². The lowest BCUT2D eigenvalue weighted by atomic mass is 10.2. The second-order valence-corrected chi connectivity index (χ2v) is 5.26. The maximum absolute atomic E-state index is 8.69.